The monoisotopic (exact) mass is 906 g/mol. The molecule has 4 fully saturated rings. The first-order valence-corrected chi connectivity index (χ1v) is 24.7. The molecule has 2 bridgehead atoms. The van der Waals surface area contributed by atoms with Gasteiger partial charge in [-0.15, -0.1) is 0 Å². The summed E-state index contributed by atoms with van der Waals surface area (Å²) in [5.41, 5.74) is 15.7. The number of nitrogens with one attached hydrogen (secondary N) is 4. The second-order valence-corrected chi connectivity index (χ2v) is 20.4. The lowest BCUT2D eigenvalue weighted by atomic mass is 9.79. The van der Waals surface area contributed by atoms with E-state index >= 15 is 0 Å². The number of ether oxygens (including phenoxy) is 2. The van der Waals surface area contributed by atoms with Crippen LogP contribution < -0.4 is 10.6 Å². The molecule has 2 saturated heterocycles. The van der Waals surface area contributed by atoms with Crippen molar-refractivity contribution in [2.24, 2.45) is 11.3 Å². The maximum Gasteiger partial charge on any atom is 0.407 e. The number of nitrogens with zero attached hydrogens (tertiary/aromatic N) is 4. The Bertz CT molecular complexity index is 2790. The van der Waals surface area contributed by atoms with E-state index in [1.165, 1.54) is 104 Å². The Hall–Kier alpha value is -6.18. The number of fused-ring (bicyclic) bond motifs is 7. The number of likely N-dealkylation sites (tertiary alicyclic amines) is 2. The number of H-pyrrole nitrogens is 2. The van der Waals surface area contributed by atoms with Gasteiger partial charge in [0.15, 0.2) is 0 Å². The number of imidazole rings is 2. The topological polar surface area (TPSA) is 175 Å². The fourth-order valence-electron chi connectivity index (χ4n) is 13.3. The van der Waals surface area contributed by atoms with Crippen LogP contribution in [-0.2, 0) is 31.9 Å². The van der Waals surface area contributed by atoms with E-state index in [2.05, 4.69) is 63.1 Å². The third kappa shape index (κ3) is 7.54. The minimum absolute atomic E-state index is 0.00338. The molecule has 0 radical (unpaired) electrons. The van der Waals surface area contributed by atoms with Crippen molar-refractivity contribution in [3.8, 4) is 33.5 Å². The number of carbonyl (C=O) groups excluding carboxylic acids is 4. The zero-order valence-corrected chi connectivity index (χ0v) is 39.1. The van der Waals surface area contributed by atoms with Gasteiger partial charge in [-0.3, -0.25) is 9.59 Å². The van der Waals surface area contributed by atoms with Crippen molar-refractivity contribution in [3.05, 3.63) is 82.6 Å². The van der Waals surface area contributed by atoms with Gasteiger partial charge in [0.25, 0.3) is 0 Å². The number of benzene rings is 3. The third-order valence-corrected chi connectivity index (χ3v) is 16.5. The van der Waals surface area contributed by atoms with Gasteiger partial charge in [0, 0.05) is 25.2 Å². The molecule has 4 amide bonds. The van der Waals surface area contributed by atoms with Gasteiger partial charge in [-0.25, -0.2) is 19.6 Å². The fourth-order valence-corrected chi connectivity index (χ4v) is 13.3. The van der Waals surface area contributed by atoms with Crippen LogP contribution in [-0.4, -0.2) is 93.6 Å². The number of carbonyl (C=O) groups is 4. The summed E-state index contributed by atoms with van der Waals surface area (Å²) >= 11 is 0. The van der Waals surface area contributed by atoms with E-state index in [1.807, 2.05) is 22.9 Å². The van der Waals surface area contributed by atoms with E-state index in [4.69, 9.17) is 19.4 Å². The van der Waals surface area contributed by atoms with Gasteiger partial charge in [0.05, 0.1) is 55.1 Å². The minimum Gasteiger partial charge on any atom is -0.453 e. The highest BCUT2D eigenvalue weighted by Gasteiger charge is 2.45. The molecule has 5 aromatic rings. The predicted molar refractivity (Wildman–Crippen MR) is 254 cm³/mol. The number of hydrogen-bond donors (Lipinski definition) is 4. The minimum atomic E-state index is -0.701. The largest absolute Gasteiger partial charge is 0.453 e. The Balaban J connectivity index is 0.906. The van der Waals surface area contributed by atoms with Crippen LogP contribution in [0.25, 0.3) is 44.5 Å². The molecule has 14 nitrogen and oxygen atoms in total. The Morgan fingerprint density at radius 2 is 1.39 bits per heavy atom. The van der Waals surface area contributed by atoms with Crippen molar-refractivity contribution in [1.29, 1.82) is 0 Å². The van der Waals surface area contributed by atoms with Crippen LogP contribution in [0.15, 0.2) is 48.7 Å². The van der Waals surface area contributed by atoms with E-state index in [0.717, 1.165) is 66.9 Å². The molecule has 2 aromatic heterocycles. The number of alkyl carbamates (subject to hydrolysis) is 2. The van der Waals surface area contributed by atoms with E-state index in [-0.39, 0.29) is 41.8 Å². The molecule has 6 atom stereocenters. The molecule has 4 N–H and O–H groups in total. The molecule has 4 aliphatic carbocycles. The van der Waals surface area contributed by atoms with Crippen molar-refractivity contribution in [2.75, 3.05) is 33.9 Å². The SMILES string of the molecule is COC(=O)NC[C@H](C)C(=O)N1CCC[C@H]1c1nc2ccc(-c3ccc(-c4ccc(-c5cnc([C@@H]6CCCN6C(=O)[C@H](C)NC(=O)OC)[nH]5)c5c4CC4(CCCC4)C5)c4c3C3CCC4C3)cc2[nH]1. The van der Waals surface area contributed by atoms with Gasteiger partial charge in [0.2, 0.25) is 11.8 Å². The summed E-state index contributed by atoms with van der Waals surface area (Å²) in [6.07, 6.45) is 15.1. The molecular formula is C53H62N8O6. The summed E-state index contributed by atoms with van der Waals surface area (Å²) in [5, 5.41) is 5.31. The summed E-state index contributed by atoms with van der Waals surface area (Å²) in [6, 6.07) is 15.1. The summed E-state index contributed by atoms with van der Waals surface area (Å²) < 4.78 is 9.46. The molecule has 2 unspecified atom stereocenters. The van der Waals surface area contributed by atoms with Gasteiger partial charge in [0.1, 0.15) is 17.7 Å². The molecule has 2 aliphatic heterocycles. The molecule has 350 valence electrons. The van der Waals surface area contributed by atoms with Crippen LogP contribution in [0.5, 0.6) is 0 Å². The Kier molecular flexibility index (Phi) is 11.1. The predicted octanol–water partition coefficient (Wildman–Crippen LogP) is 9.37. The molecule has 11 rings (SSSR count). The van der Waals surface area contributed by atoms with Crippen molar-refractivity contribution >= 4 is 35.0 Å². The third-order valence-electron chi connectivity index (χ3n) is 16.5. The van der Waals surface area contributed by atoms with E-state index in [9.17, 15) is 19.2 Å². The van der Waals surface area contributed by atoms with Gasteiger partial charge in [-0.1, -0.05) is 50.1 Å². The number of aromatic amines is 2. The first kappa shape index (κ1) is 43.4. The average molecular weight is 907 g/mol. The normalized spacial score (nSPS) is 23.2. The number of amides is 4. The highest BCUT2D eigenvalue weighted by molar-refractivity contribution is 5.89. The van der Waals surface area contributed by atoms with Crippen LogP contribution in [0.4, 0.5) is 9.59 Å². The summed E-state index contributed by atoms with van der Waals surface area (Å²) in [4.78, 5) is 71.8. The van der Waals surface area contributed by atoms with Crippen molar-refractivity contribution in [3.63, 3.8) is 0 Å². The highest BCUT2D eigenvalue weighted by atomic mass is 16.5. The van der Waals surface area contributed by atoms with Crippen LogP contribution in [0.2, 0.25) is 0 Å². The zero-order valence-electron chi connectivity index (χ0n) is 39.1. The zero-order chi connectivity index (χ0) is 46.1. The van der Waals surface area contributed by atoms with Crippen molar-refractivity contribution in [1.82, 2.24) is 40.4 Å². The van der Waals surface area contributed by atoms with Crippen LogP contribution in [0.1, 0.15) is 142 Å². The molecule has 3 aromatic carbocycles. The van der Waals surface area contributed by atoms with E-state index in [0.29, 0.717) is 24.9 Å². The van der Waals surface area contributed by atoms with Gasteiger partial charge < -0.3 is 39.9 Å². The van der Waals surface area contributed by atoms with E-state index < -0.39 is 18.2 Å². The van der Waals surface area contributed by atoms with Gasteiger partial charge in [-0.05, 0) is 151 Å². The lowest BCUT2D eigenvalue weighted by Gasteiger charge is -2.26. The van der Waals surface area contributed by atoms with Crippen molar-refractivity contribution < 1.29 is 28.7 Å². The molecular weight excluding hydrogens is 845 g/mol. The molecule has 2 saturated carbocycles. The van der Waals surface area contributed by atoms with Crippen LogP contribution >= 0.6 is 0 Å². The average Bonchev–Trinajstić information content (AvgIpc) is 4.20. The maximum atomic E-state index is 13.6. The Morgan fingerprint density at radius 1 is 0.746 bits per heavy atom. The van der Waals surface area contributed by atoms with Crippen LogP contribution in [0.3, 0.4) is 0 Å². The van der Waals surface area contributed by atoms with Crippen molar-refractivity contribution in [2.45, 2.75) is 127 Å². The van der Waals surface area contributed by atoms with Gasteiger partial charge in [-0.2, -0.15) is 0 Å². The standard InChI is InChI=1S/C53H62N8O6/c1-29(27-55-51(64)66-3)49(62)60-21-8-10-44(60)48-57-40-18-13-31(24-41(40)58-48)34-14-17-37(46-33-12-11-32(23-33)45(34)46)35-15-16-36(39-26-53(25-38(35)39)19-5-6-20-53)42-28-54-47(59-42)43-9-7-22-61(43)50(63)30(2)56-52(65)67-4/h13-18,24,28-30,32-33,43-44H,5-12,19-23,25-27H2,1-4H3,(H,54,59)(H,55,64)(H,56,65)(H,57,58)/t29-,30-,32?,33?,43-,44-/m0/s1. The fraction of sp³-hybridized carbons (Fsp3) is 0.509. The van der Waals surface area contributed by atoms with E-state index in [1.54, 1.807) is 12.5 Å². The summed E-state index contributed by atoms with van der Waals surface area (Å²) in [5.74, 6) is 2.17. The first-order chi connectivity index (χ1) is 32.5. The molecule has 1 spiro atoms. The number of aromatic nitrogens is 4. The lowest BCUT2D eigenvalue weighted by Crippen LogP contribution is -2.46. The quantitative estimate of drug-likeness (QED) is 0.107. The number of methoxy groups -OCH3 is 2. The molecule has 14 heteroatoms. The second-order valence-electron chi connectivity index (χ2n) is 20.4. The molecule has 4 heterocycles. The molecule has 67 heavy (non-hydrogen) atoms. The smallest absolute Gasteiger partial charge is 0.407 e. The Labute approximate surface area is 391 Å². The Morgan fingerprint density at radius 3 is 2.12 bits per heavy atom. The van der Waals surface area contributed by atoms with Crippen LogP contribution in [0, 0.1) is 11.3 Å². The number of rotatable bonds is 10. The van der Waals surface area contributed by atoms with Gasteiger partial charge >= 0.3 is 12.2 Å². The molecule has 6 aliphatic rings. The second kappa shape index (κ2) is 17.2. The summed E-state index contributed by atoms with van der Waals surface area (Å²) in [6.45, 7) is 5.04. The number of hydrogen-bond acceptors (Lipinski definition) is 8. The maximum absolute atomic E-state index is 13.6. The summed E-state index contributed by atoms with van der Waals surface area (Å²) in [7, 11) is 2.62. The first-order valence-electron chi connectivity index (χ1n) is 24.7. The lowest BCUT2D eigenvalue weighted by molar-refractivity contribution is -0.136. The highest BCUT2D eigenvalue weighted by Crippen LogP contribution is 2.60.